The first-order chi connectivity index (χ1) is 9.56. The Morgan fingerprint density at radius 3 is 2.40 bits per heavy atom. The molecule has 0 aliphatic heterocycles. The van der Waals surface area contributed by atoms with Crippen molar-refractivity contribution in [3.05, 3.63) is 59.7 Å². The Morgan fingerprint density at radius 1 is 1.10 bits per heavy atom. The summed E-state index contributed by atoms with van der Waals surface area (Å²) in [5.74, 6) is 0.451. The summed E-state index contributed by atoms with van der Waals surface area (Å²) in [5.41, 5.74) is 2.00. The number of hydrogen-bond acceptors (Lipinski definition) is 3. The topological polar surface area (TPSA) is 46.5 Å². The van der Waals surface area contributed by atoms with Gasteiger partial charge >= 0.3 is 5.97 Å². The number of rotatable bonds is 4. The molecule has 0 saturated carbocycles. The summed E-state index contributed by atoms with van der Waals surface area (Å²) in [6, 6.07) is 14.5. The van der Waals surface area contributed by atoms with E-state index in [1.54, 1.807) is 18.2 Å². The quantitative estimate of drug-likeness (QED) is 0.682. The fraction of sp³-hybridized carbons (Fsp3) is 0.235. The largest absolute Gasteiger partial charge is 0.508 e. The molecule has 2 rings (SSSR count). The maximum Gasteiger partial charge on any atom is 0.313 e. The van der Waals surface area contributed by atoms with E-state index in [9.17, 15) is 9.90 Å². The van der Waals surface area contributed by atoms with Gasteiger partial charge in [0, 0.05) is 6.42 Å². The van der Waals surface area contributed by atoms with Crippen LogP contribution in [0.15, 0.2) is 48.5 Å². The summed E-state index contributed by atoms with van der Waals surface area (Å²) in [4.78, 5) is 11.7. The lowest BCUT2D eigenvalue weighted by Crippen LogP contribution is -2.15. The number of carbonyl (C=O) groups excluding carboxylic acids is 1. The zero-order valence-electron chi connectivity index (χ0n) is 11.7. The summed E-state index contributed by atoms with van der Waals surface area (Å²) in [6.45, 7) is 3.62. The van der Waals surface area contributed by atoms with E-state index < -0.39 is 0 Å². The molecule has 0 radical (unpaired) electrons. The molecule has 0 bridgehead atoms. The van der Waals surface area contributed by atoms with Gasteiger partial charge in [0.15, 0.2) is 0 Å². The van der Waals surface area contributed by atoms with E-state index >= 15 is 0 Å². The molecule has 2 aromatic carbocycles. The van der Waals surface area contributed by atoms with Crippen molar-refractivity contribution in [1.29, 1.82) is 0 Å². The Morgan fingerprint density at radius 2 is 1.75 bits per heavy atom. The van der Waals surface area contributed by atoms with E-state index in [2.05, 4.69) is 0 Å². The van der Waals surface area contributed by atoms with Gasteiger partial charge in [0.25, 0.3) is 0 Å². The summed E-state index contributed by atoms with van der Waals surface area (Å²) in [7, 11) is 0. The van der Waals surface area contributed by atoms with Gasteiger partial charge in [0.1, 0.15) is 11.5 Å². The molecule has 0 heterocycles. The molecule has 20 heavy (non-hydrogen) atoms. The van der Waals surface area contributed by atoms with E-state index in [1.807, 2.05) is 44.2 Å². The molecule has 3 nitrogen and oxygen atoms in total. The standard InChI is InChI=1S/C17H18O3/c1-12(2)17(19)20-16-6-4-3-5-14(16)11-13-7-9-15(18)10-8-13/h3-10,12,18H,11H2,1-2H3. The molecule has 104 valence electrons. The molecule has 0 spiro atoms. The molecule has 0 unspecified atom stereocenters. The van der Waals surface area contributed by atoms with Crippen molar-refractivity contribution in [2.24, 2.45) is 5.92 Å². The van der Waals surface area contributed by atoms with Gasteiger partial charge in [-0.15, -0.1) is 0 Å². The molecule has 2 aromatic rings. The van der Waals surface area contributed by atoms with Gasteiger partial charge in [0.05, 0.1) is 5.92 Å². The maximum atomic E-state index is 11.7. The van der Waals surface area contributed by atoms with Crippen LogP contribution in [0.2, 0.25) is 0 Å². The lowest BCUT2D eigenvalue weighted by atomic mass is 10.0. The summed E-state index contributed by atoms with van der Waals surface area (Å²) in [6.07, 6.45) is 0.655. The van der Waals surface area contributed by atoms with Crippen molar-refractivity contribution >= 4 is 5.97 Å². The third kappa shape index (κ3) is 3.60. The van der Waals surface area contributed by atoms with Crippen LogP contribution in [-0.2, 0) is 11.2 Å². The Bertz CT molecular complexity index is 585. The Labute approximate surface area is 118 Å². The highest BCUT2D eigenvalue weighted by Gasteiger charge is 2.12. The minimum absolute atomic E-state index is 0.156. The van der Waals surface area contributed by atoms with Crippen LogP contribution in [0, 0.1) is 5.92 Å². The van der Waals surface area contributed by atoms with Gasteiger partial charge in [-0.2, -0.15) is 0 Å². The smallest absolute Gasteiger partial charge is 0.313 e. The number of benzene rings is 2. The fourth-order valence-electron chi connectivity index (χ4n) is 1.81. The lowest BCUT2D eigenvalue weighted by molar-refractivity contribution is -0.137. The first-order valence-electron chi connectivity index (χ1n) is 6.64. The normalized spacial score (nSPS) is 10.6. The van der Waals surface area contributed by atoms with Crippen LogP contribution in [-0.4, -0.2) is 11.1 Å². The molecule has 0 atom stereocenters. The molecular formula is C17H18O3. The molecule has 0 amide bonds. The van der Waals surface area contributed by atoms with Crippen LogP contribution in [0.3, 0.4) is 0 Å². The molecular weight excluding hydrogens is 252 g/mol. The third-order valence-electron chi connectivity index (χ3n) is 2.99. The second-order valence-electron chi connectivity index (χ2n) is 5.03. The monoisotopic (exact) mass is 270 g/mol. The van der Waals surface area contributed by atoms with Gasteiger partial charge in [-0.25, -0.2) is 0 Å². The van der Waals surface area contributed by atoms with Crippen LogP contribution in [0.25, 0.3) is 0 Å². The number of aromatic hydroxyl groups is 1. The van der Waals surface area contributed by atoms with E-state index in [0.717, 1.165) is 11.1 Å². The number of phenols is 1. The fourth-order valence-corrected chi connectivity index (χ4v) is 1.81. The van der Waals surface area contributed by atoms with Gasteiger partial charge in [-0.05, 0) is 29.3 Å². The minimum atomic E-state index is -0.233. The van der Waals surface area contributed by atoms with Crippen molar-refractivity contribution in [3.8, 4) is 11.5 Å². The van der Waals surface area contributed by atoms with Gasteiger partial charge < -0.3 is 9.84 Å². The van der Waals surface area contributed by atoms with Crippen molar-refractivity contribution < 1.29 is 14.6 Å². The van der Waals surface area contributed by atoms with Crippen LogP contribution >= 0.6 is 0 Å². The van der Waals surface area contributed by atoms with Crippen molar-refractivity contribution in [1.82, 2.24) is 0 Å². The molecule has 1 N–H and O–H groups in total. The van der Waals surface area contributed by atoms with Crippen LogP contribution in [0.5, 0.6) is 11.5 Å². The third-order valence-corrected chi connectivity index (χ3v) is 2.99. The van der Waals surface area contributed by atoms with Gasteiger partial charge in [-0.3, -0.25) is 4.79 Å². The number of esters is 1. The first kappa shape index (κ1) is 14.1. The molecule has 3 heteroatoms. The Balaban J connectivity index is 2.19. The van der Waals surface area contributed by atoms with Crippen LogP contribution in [0.4, 0.5) is 0 Å². The van der Waals surface area contributed by atoms with E-state index in [0.29, 0.717) is 12.2 Å². The highest BCUT2D eigenvalue weighted by atomic mass is 16.5. The highest BCUT2D eigenvalue weighted by Crippen LogP contribution is 2.23. The van der Waals surface area contributed by atoms with Crippen molar-refractivity contribution in [2.45, 2.75) is 20.3 Å². The highest BCUT2D eigenvalue weighted by molar-refractivity contribution is 5.74. The van der Waals surface area contributed by atoms with Crippen molar-refractivity contribution in [2.75, 3.05) is 0 Å². The first-order valence-corrected chi connectivity index (χ1v) is 6.64. The number of hydrogen-bond donors (Lipinski definition) is 1. The Kier molecular flexibility index (Phi) is 4.41. The zero-order valence-corrected chi connectivity index (χ0v) is 11.7. The predicted molar refractivity (Wildman–Crippen MR) is 77.8 cm³/mol. The summed E-state index contributed by atoms with van der Waals surface area (Å²) in [5, 5.41) is 9.29. The van der Waals surface area contributed by atoms with Gasteiger partial charge in [0.2, 0.25) is 0 Å². The van der Waals surface area contributed by atoms with Gasteiger partial charge in [-0.1, -0.05) is 44.2 Å². The van der Waals surface area contributed by atoms with Crippen molar-refractivity contribution in [3.63, 3.8) is 0 Å². The number of carbonyl (C=O) groups is 1. The zero-order chi connectivity index (χ0) is 14.5. The SMILES string of the molecule is CC(C)C(=O)Oc1ccccc1Cc1ccc(O)cc1. The number of ether oxygens (including phenoxy) is 1. The molecule has 0 fully saturated rings. The predicted octanol–water partition coefficient (Wildman–Crippen LogP) is 3.54. The minimum Gasteiger partial charge on any atom is -0.508 e. The molecule has 0 aliphatic carbocycles. The lowest BCUT2D eigenvalue weighted by Gasteiger charge is -2.11. The second kappa shape index (κ2) is 6.24. The van der Waals surface area contributed by atoms with E-state index in [-0.39, 0.29) is 17.6 Å². The second-order valence-corrected chi connectivity index (χ2v) is 5.03. The number of para-hydroxylation sites is 1. The van der Waals surface area contributed by atoms with E-state index in [1.165, 1.54) is 0 Å². The average molecular weight is 270 g/mol. The van der Waals surface area contributed by atoms with Crippen LogP contribution in [0.1, 0.15) is 25.0 Å². The molecule has 0 aliphatic rings. The maximum absolute atomic E-state index is 11.7. The molecule has 0 saturated heterocycles. The van der Waals surface area contributed by atoms with Crippen LogP contribution < -0.4 is 4.74 Å². The summed E-state index contributed by atoms with van der Waals surface area (Å²) < 4.78 is 5.41. The average Bonchev–Trinajstić information content (AvgIpc) is 2.43. The Hall–Kier alpha value is -2.29. The van der Waals surface area contributed by atoms with E-state index in [4.69, 9.17) is 4.74 Å². The summed E-state index contributed by atoms with van der Waals surface area (Å²) >= 11 is 0. The molecule has 0 aromatic heterocycles. The number of phenolic OH excluding ortho intramolecular Hbond substituents is 1.